The highest BCUT2D eigenvalue weighted by molar-refractivity contribution is 7.87. The van der Waals surface area contributed by atoms with Gasteiger partial charge in [0.2, 0.25) is 6.79 Å². The maximum absolute atomic E-state index is 12.0. The minimum absolute atomic E-state index is 0.00725. The van der Waals surface area contributed by atoms with Crippen LogP contribution in [0.4, 0.5) is 10.5 Å². The second-order valence-corrected chi connectivity index (χ2v) is 7.26. The Balaban J connectivity index is 1.66. The fourth-order valence-corrected chi connectivity index (χ4v) is 2.87. The minimum atomic E-state index is -3.56. The van der Waals surface area contributed by atoms with Crippen LogP contribution in [0, 0.1) is 0 Å². The largest absolute Gasteiger partial charge is 0.454 e. The smallest absolute Gasteiger partial charge is 0.414 e. The van der Waals surface area contributed by atoms with Crippen LogP contribution in [-0.2, 0) is 14.9 Å². The van der Waals surface area contributed by atoms with Gasteiger partial charge in [0.25, 0.3) is 10.2 Å². The Kier molecular flexibility index (Phi) is 4.04. The summed E-state index contributed by atoms with van der Waals surface area (Å²) in [6, 6.07) is 5.13. The van der Waals surface area contributed by atoms with Gasteiger partial charge in [0, 0.05) is 20.2 Å². The minimum Gasteiger partial charge on any atom is -0.454 e. The summed E-state index contributed by atoms with van der Waals surface area (Å²) in [7, 11) is -0.719. The van der Waals surface area contributed by atoms with Crippen LogP contribution >= 0.6 is 0 Å². The number of nitrogens with zero attached hydrogens (tertiary/aromatic N) is 2. The molecule has 0 bridgehead atoms. The van der Waals surface area contributed by atoms with Crippen LogP contribution in [0.5, 0.6) is 11.5 Å². The van der Waals surface area contributed by atoms with Gasteiger partial charge in [-0.25, -0.2) is 4.79 Å². The molecule has 2 aliphatic rings. The first-order valence-electron chi connectivity index (χ1n) is 6.92. The van der Waals surface area contributed by atoms with Gasteiger partial charge in [-0.2, -0.15) is 17.4 Å². The molecule has 3 rings (SSSR count). The molecule has 1 aromatic rings. The lowest BCUT2D eigenvalue weighted by Crippen LogP contribution is -2.40. The fraction of sp³-hybridized carbons (Fsp3) is 0.462. The number of amides is 1. The molecule has 1 saturated heterocycles. The first-order chi connectivity index (χ1) is 10.9. The van der Waals surface area contributed by atoms with Gasteiger partial charge in [-0.05, 0) is 12.1 Å². The number of ether oxygens (including phenoxy) is 3. The Bertz CT molecular complexity index is 720. The summed E-state index contributed by atoms with van der Waals surface area (Å²) in [4.78, 5) is 13.4. The molecule has 1 amide bonds. The van der Waals surface area contributed by atoms with Gasteiger partial charge < -0.3 is 14.2 Å². The molecule has 0 aromatic heterocycles. The van der Waals surface area contributed by atoms with Crippen LogP contribution in [0.1, 0.15) is 0 Å². The van der Waals surface area contributed by atoms with Crippen molar-refractivity contribution in [1.82, 2.24) is 9.03 Å². The SMILES string of the molecule is CN(C)S(=O)(=O)NC[C@@H]1CN(c2ccc3c(c2)OCO3)C(=O)O1. The second kappa shape index (κ2) is 5.87. The van der Waals surface area contributed by atoms with E-state index < -0.39 is 22.4 Å². The number of fused-ring (bicyclic) bond motifs is 1. The first-order valence-corrected chi connectivity index (χ1v) is 8.36. The third-order valence-corrected chi connectivity index (χ3v) is 5.01. The zero-order valence-corrected chi connectivity index (χ0v) is 13.5. The topological polar surface area (TPSA) is 97.4 Å². The van der Waals surface area contributed by atoms with Crippen LogP contribution in [0.15, 0.2) is 18.2 Å². The van der Waals surface area contributed by atoms with Gasteiger partial charge in [0.15, 0.2) is 11.5 Å². The summed E-state index contributed by atoms with van der Waals surface area (Å²) in [6.45, 7) is 0.403. The maximum atomic E-state index is 12.0. The third-order valence-electron chi connectivity index (χ3n) is 3.52. The van der Waals surface area contributed by atoms with Crippen LogP contribution in [-0.4, -0.2) is 58.9 Å². The Morgan fingerprint density at radius 2 is 2.04 bits per heavy atom. The maximum Gasteiger partial charge on any atom is 0.414 e. The number of carbonyl (C=O) groups is 1. The molecule has 2 aliphatic heterocycles. The van der Waals surface area contributed by atoms with E-state index in [-0.39, 0.29) is 19.9 Å². The van der Waals surface area contributed by atoms with Crippen molar-refractivity contribution in [2.45, 2.75) is 6.10 Å². The lowest BCUT2D eigenvalue weighted by Gasteiger charge is -2.15. The molecule has 0 saturated carbocycles. The van der Waals surface area contributed by atoms with Crippen molar-refractivity contribution in [3.8, 4) is 11.5 Å². The van der Waals surface area contributed by atoms with E-state index in [4.69, 9.17) is 14.2 Å². The summed E-state index contributed by atoms with van der Waals surface area (Å²) in [5, 5.41) is 0. The molecule has 10 heteroatoms. The van der Waals surface area contributed by atoms with Crippen LogP contribution in [0.3, 0.4) is 0 Å². The van der Waals surface area contributed by atoms with E-state index in [1.54, 1.807) is 18.2 Å². The molecule has 0 aliphatic carbocycles. The Morgan fingerprint density at radius 3 is 2.78 bits per heavy atom. The zero-order valence-electron chi connectivity index (χ0n) is 12.7. The number of cyclic esters (lactones) is 1. The van der Waals surface area contributed by atoms with Crippen molar-refractivity contribution in [1.29, 1.82) is 0 Å². The number of rotatable bonds is 5. The number of hydrogen-bond acceptors (Lipinski definition) is 6. The molecule has 0 unspecified atom stereocenters. The van der Waals surface area contributed by atoms with E-state index in [0.29, 0.717) is 17.2 Å². The number of carbonyl (C=O) groups excluding carboxylic acids is 1. The Hall–Kier alpha value is -2.04. The van der Waals surface area contributed by atoms with E-state index in [1.807, 2.05) is 0 Å². The van der Waals surface area contributed by atoms with Crippen molar-refractivity contribution < 1.29 is 27.4 Å². The molecule has 23 heavy (non-hydrogen) atoms. The predicted molar refractivity (Wildman–Crippen MR) is 80.8 cm³/mol. The van der Waals surface area contributed by atoms with Crippen LogP contribution in [0.25, 0.3) is 0 Å². The molecule has 126 valence electrons. The van der Waals surface area contributed by atoms with Gasteiger partial charge in [-0.3, -0.25) is 4.90 Å². The van der Waals surface area contributed by atoms with Crippen molar-refractivity contribution in [2.75, 3.05) is 38.9 Å². The number of nitrogens with one attached hydrogen (secondary N) is 1. The third kappa shape index (κ3) is 3.19. The second-order valence-electron chi connectivity index (χ2n) is 5.29. The summed E-state index contributed by atoms with van der Waals surface area (Å²) in [5.41, 5.74) is 0.609. The number of benzene rings is 1. The van der Waals surface area contributed by atoms with Gasteiger partial charge in [-0.1, -0.05) is 0 Å². The first kappa shape index (κ1) is 15.8. The molecule has 9 nitrogen and oxygen atoms in total. The van der Waals surface area contributed by atoms with E-state index in [0.717, 1.165) is 4.31 Å². The Morgan fingerprint density at radius 1 is 1.30 bits per heavy atom. The predicted octanol–water partition coefficient (Wildman–Crippen LogP) is 0.137. The van der Waals surface area contributed by atoms with Gasteiger partial charge >= 0.3 is 6.09 Å². The van der Waals surface area contributed by atoms with Gasteiger partial charge in [0.05, 0.1) is 18.8 Å². The molecular weight excluding hydrogens is 326 g/mol. The highest BCUT2D eigenvalue weighted by Gasteiger charge is 2.34. The number of anilines is 1. The lowest BCUT2D eigenvalue weighted by atomic mass is 10.2. The van der Waals surface area contributed by atoms with E-state index in [1.165, 1.54) is 19.0 Å². The number of hydrogen-bond donors (Lipinski definition) is 1. The molecular formula is C13H17N3O6S. The van der Waals surface area contributed by atoms with Crippen LogP contribution in [0.2, 0.25) is 0 Å². The van der Waals surface area contributed by atoms with Crippen LogP contribution < -0.4 is 19.1 Å². The highest BCUT2D eigenvalue weighted by atomic mass is 32.2. The van der Waals surface area contributed by atoms with E-state index in [9.17, 15) is 13.2 Å². The monoisotopic (exact) mass is 343 g/mol. The van der Waals surface area contributed by atoms with Gasteiger partial charge in [0.1, 0.15) is 6.10 Å². The summed E-state index contributed by atoms with van der Waals surface area (Å²) >= 11 is 0. The molecule has 1 fully saturated rings. The molecule has 0 spiro atoms. The van der Waals surface area contributed by atoms with Crippen molar-refractivity contribution in [2.24, 2.45) is 0 Å². The standard InChI is InChI=1S/C13H17N3O6S/c1-15(2)23(18,19)14-6-10-7-16(13(17)22-10)9-3-4-11-12(5-9)21-8-20-11/h3-5,10,14H,6-8H2,1-2H3/t10-/m1/s1. The quantitative estimate of drug-likeness (QED) is 0.817. The normalized spacial score (nSPS) is 20.2. The zero-order chi connectivity index (χ0) is 16.6. The highest BCUT2D eigenvalue weighted by Crippen LogP contribution is 2.36. The van der Waals surface area contributed by atoms with E-state index >= 15 is 0 Å². The van der Waals surface area contributed by atoms with Crippen molar-refractivity contribution in [3.05, 3.63) is 18.2 Å². The van der Waals surface area contributed by atoms with E-state index in [2.05, 4.69) is 4.72 Å². The molecule has 1 N–H and O–H groups in total. The lowest BCUT2D eigenvalue weighted by molar-refractivity contribution is 0.143. The van der Waals surface area contributed by atoms with Crippen molar-refractivity contribution in [3.63, 3.8) is 0 Å². The Labute approximate surface area is 133 Å². The molecule has 2 heterocycles. The molecule has 1 aromatic carbocycles. The summed E-state index contributed by atoms with van der Waals surface area (Å²) in [5.74, 6) is 1.18. The molecule has 1 atom stereocenters. The average molecular weight is 343 g/mol. The summed E-state index contributed by atoms with van der Waals surface area (Å²) in [6.07, 6.45) is -1.10. The fourth-order valence-electron chi connectivity index (χ4n) is 2.22. The molecule has 0 radical (unpaired) electrons. The average Bonchev–Trinajstić information content (AvgIpc) is 3.10. The summed E-state index contributed by atoms with van der Waals surface area (Å²) < 4.78 is 42.5. The van der Waals surface area contributed by atoms with Gasteiger partial charge in [-0.15, -0.1) is 0 Å². The van der Waals surface area contributed by atoms with Crippen molar-refractivity contribution >= 4 is 22.0 Å².